The summed E-state index contributed by atoms with van der Waals surface area (Å²) in [6.07, 6.45) is 1.01. The Balaban J connectivity index is 1.46. The zero-order chi connectivity index (χ0) is 30.5. The second-order valence-corrected chi connectivity index (χ2v) is 11.2. The standard InChI is InChI=1S/C30H35N7O5S/c1-35(2)23-12-13-36(18-23)19-28(38)31-20-8-7-9-22(14-20)37(43(39)40)30-29(33-26-10-5-6-11-27(26)34-30)32-21-15-24(41-3)17-25(16-21)42-4/h5-11,14-17,23H,12-13,18-19H2,1-4H3,(H,31,38)(H,32,33)(H,39,40). The number of likely N-dealkylation sites (tertiary alicyclic amines) is 1. The number of benzene rings is 3. The molecule has 1 aromatic heterocycles. The molecular formula is C30H35N7O5S. The van der Waals surface area contributed by atoms with Crippen LogP contribution < -0.4 is 24.4 Å². The highest BCUT2D eigenvalue weighted by Gasteiger charge is 2.26. The molecule has 2 unspecified atom stereocenters. The van der Waals surface area contributed by atoms with Crippen LogP contribution >= 0.6 is 0 Å². The lowest BCUT2D eigenvalue weighted by atomic mass is 10.2. The fraction of sp³-hybridized carbons (Fsp3) is 0.300. The molecule has 13 heteroatoms. The van der Waals surface area contributed by atoms with Gasteiger partial charge in [0.05, 0.1) is 37.5 Å². The van der Waals surface area contributed by atoms with Crippen molar-refractivity contribution in [1.29, 1.82) is 0 Å². The minimum Gasteiger partial charge on any atom is -0.497 e. The molecule has 2 atom stereocenters. The maximum Gasteiger partial charge on any atom is 0.268 e. The van der Waals surface area contributed by atoms with E-state index < -0.39 is 11.3 Å². The number of nitrogens with one attached hydrogen (secondary N) is 2. The SMILES string of the molecule is COc1cc(Nc2nc3ccccc3nc2N(c2cccc(NC(=O)CN3CCC(N(C)C)C3)c2)S(=O)O)cc(OC)c1. The zero-order valence-electron chi connectivity index (χ0n) is 24.5. The van der Waals surface area contributed by atoms with E-state index in [9.17, 15) is 13.6 Å². The van der Waals surface area contributed by atoms with E-state index in [1.54, 1.807) is 68.8 Å². The molecule has 1 fully saturated rings. The van der Waals surface area contributed by atoms with Crippen LogP contribution in [0.1, 0.15) is 6.42 Å². The van der Waals surface area contributed by atoms with E-state index in [1.807, 2.05) is 26.2 Å². The van der Waals surface area contributed by atoms with Gasteiger partial charge in [0.15, 0.2) is 11.6 Å². The van der Waals surface area contributed by atoms with Gasteiger partial charge in [0, 0.05) is 48.7 Å². The van der Waals surface area contributed by atoms with Crippen molar-refractivity contribution in [3.8, 4) is 11.5 Å². The van der Waals surface area contributed by atoms with E-state index in [4.69, 9.17) is 19.4 Å². The van der Waals surface area contributed by atoms with Gasteiger partial charge in [-0.1, -0.05) is 18.2 Å². The van der Waals surface area contributed by atoms with Crippen molar-refractivity contribution in [3.63, 3.8) is 0 Å². The van der Waals surface area contributed by atoms with Crippen LogP contribution in [-0.2, 0) is 16.1 Å². The zero-order valence-corrected chi connectivity index (χ0v) is 25.3. The molecule has 1 amide bonds. The van der Waals surface area contributed by atoms with Gasteiger partial charge in [0.1, 0.15) is 11.5 Å². The first-order valence-electron chi connectivity index (χ1n) is 13.7. The van der Waals surface area contributed by atoms with E-state index in [0.717, 1.165) is 23.8 Å². The molecule has 3 N–H and O–H groups in total. The number of carbonyl (C=O) groups excluding carboxylic acids is 1. The molecule has 3 aromatic carbocycles. The largest absolute Gasteiger partial charge is 0.497 e. The number of nitrogens with zero attached hydrogens (tertiary/aromatic N) is 5. The molecule has 1 saturated heterocycles. The maximum atomic E-state index is 12.9. The summed E-state index contributed by atoms with van der Waals surface area (Å²) in [7, 11) is 7.19. The monoisotopic (exact) mass is 605 g/mol. The Labute approximate surface area is 253 Å². The number of amides is 1. The molecular weight excluding hydrogens is 570 g/mol. The third-order valence-electron chi connectivity index (χ3n) is 7.22. The second-order valence-electron chi connectivity index (χ2n) is 10.4. The summed E-state index contributed by atoms with van der Waals surface area (Å²) >= 11 is -2.55. The third kappa shape index (κ3) is 7.20. The highest BCUT2D eigenvalue weighted by Crippen LogP contribution is 2.36. The number of methoxy groups -OCH3 is 2. The molecule has 2 heterocycles. The van der Waals surface area contributed by atoms with E-state index in [0.29, 0.717) is 45.6 Å². The summed E-state index contributed by atoms with van der Waals surface area (Å²) < 4.78 is 35.4. The molecule has 43 heavy (non-hydrogen) atoms. The number of ether oxygens (including phenoxy) is 2. The van der Waals surface area contributed by atoms with Crippen LogP contribution in [0.15, 0.2) is 66.7 Å². The number of aromatic nitrogens is 2. The van der Waals surface area contributed by atoms with Crippen molar-refractivity contribution >= 4 is 56.9 Å². The van der Waals surface area contributed by atoms with Crippen LogP contribution in [-0.4, -0.2) is 88.4 Å². The van der Waals surface area contributed by atoms with E-state index in [1.165, 1.54) is 0 Å². The summed E-state index contributed by atoms with van der Waals surface area (Å²) in [6.45, 7) is 1.94. The highest BCUT2D eigenvalue weighted by atomic mass is 32.2. The number of fused-ring (bicyclic) bond motifs is 1. The molecule has 12 nitrogen and oxygen atoms in total. The van der Waals surface area contributed by atoms with E-state index in [2.05, 4.69) is 20.4 Å². The number of para-hydroxylation sites is 2. The van der Waals surface area contributed by atoms with Gasteiger partial charge in [0.2, 0.25) is 5.91 Å². The fourth-order valence-corrected chi connectivity index (χ4v) is 5.58. The van der Waals surface area contributed by atoms with E-state index in [-0.39, 0.29) is 24.1 Å². The Kier molecular flexibility index (Phi) is 9.36. The minimum atomic E-state index is -2.55. The van der Waals surface area contributed by atoms with Crippen LogP contribution in [0.2, 0.25) is 0 Å². The smallest absolute Gasteiger partial charge is 0.268 e. The Bertz CT molecular complexity index is 1610. The first-order chi connectivity index (χ1) is 20.7. The highest BCUT2D eigenvalue weighted by molar-refractivity contribution is 7.81. The van der Waals surface area contributed by atoms with Crippen LogP contribution in [0.3, 0.4) is 0 Å². The molecule has 0 spiro atoms. The Morgan fingerprint density at radius 2 is 1.70 bits per heavy atom. The van der Waals surface area contributed by atoms with Crippen LogP contribution in [0, 0.1) is 0 Å². The summed E-state index contributed by atoms with van der Waals surface area (Å²) in [5, 5.41) is 6.15. The van der Waals surface area contributed by atoms with Gasteiger partial charge in [-0.05, 0) is 50.8 Å². The van der Waals surface area contributed by atoms with Crippen molar-refractivity contribution in [2.75, 3.05) is 62.9 Å². The van der Waals surface area contributed by atoms with Gasteiger partial charge in [-0.15, -0.1) is 0 Å². The maximum absolute atomic E-state index is 12.9. The molecule has 1 aliphatic heterocycles. The molecule has 0 aliphatic carbocycles. The lowest BCUT2D eigenvalue weighted by molar-refractivity contribution is -0.117. The van der Waals surface area contributed by atoms with Crippen LogP contribution in [0.5, 0.6) is 11.5 Å². The third-order valence-corrected chi connectivity index (χ3v) is 7.92. The van der Waals surface area contributed by atoms with Gasteiger partial charge in [-0.3, -0.25) is 14.2 Å². The topological polar surface area (TPSA) is 132 Å². The predicted molar refractivity (Wildman–Crippen MR) is 169 cm³/mol. The average molecular weight is 606 g/mol. The summed E-state index contributed by atoms with van der Waals surface area (Å²) in [5.74, 6) is 1.28. The van der Waals surface area contributed by atoms with Gasteiger partial charge in [-0.25, -0.2) is 18.5 Å². The van der Waals surface area contributed by atoms with Crippen LogP contribution in [0.4, 0.5) is 28.7 Å². The first-order valence-corrected chi connectivity index (χ1v) is 14.8. The van der Waals surface area contributed by atoms with Crippen LogP contribution in [0.25, 0.3) is 11.0 Å². The number of hydrogen-bond donors (Lipinski definition) is 3. The average Bonchev–Trinajstić information content (AvgIpc) is 3.46. The number of hydrogen-bond acceptors (Lipinski definition) is 9. The Hall–Kier alpha value is -4.30. The predicted octanol–water partition coefficient (Wildman–Crippen LogP) is 4.24. The number of likely N-dealkylation sites (N-methyl/N-ethyl adjacent to an activating group) is 1. The summed E-state index contributed by atoms with van der Waals surface area (Å²) in [5.41, 5.74) is 2.52. The Morgan fingerprint density at radius 1 is 1.00 bits per heavy atom. The minimum absolute atomic E-state index is 0.108. The van der Waals surface area contributed by atoms with Crippen molar-refractivity contribution in [2.45, 2.75) is 12.5 Å². The molecule has 4 aromatic rings. The van der Waals surface area contributed by atoms with Crippen molar-refractivity contribution < 1.29 is 23.0 Å². The fourth-order valence-electron chi connectivity index (χ4n) is 5.01. The lowest BCUT2D eigenvalue weighted by Crippen LogP contribution is -2.35. The normalized spacial score (nSPS) is 15.8. The van der Waals surface area contributed by atoms with E-state index >= 15 is 0 Å². The second kappa shape index (κ2) is 13.3. The molecule has 226 valence electrons. The van der Waals surface area contributed by atoms with Crippen molar-refractivity contribution in [3.05, 3.63) is 66.7 Å². The summed E-state index contributed by atoms with van der Waals surface area (Å²) in [6, 6.07) is 19.6. The molecule has 0 radical (unpaired) electrons. The number of rotatable bonds is 11. The van der Waals surface area contributed by atoms with Gasteiger partial charge in [0.25, 0.3) is 11.3 Å². The van der Waals surface area contributed by atoms with Gasteiger partial charge < -0.3 is 25.0 Å². The molecule has 0 saturated carbocycles. The number of carbonyl (C=O) groups is 1. The van der Waals surface area contributed by atoms with Crippen molar-refractivity contribution in [2.24, 2.45) is 0 Å². The number of anilines is 5. The van der Waals surface area contributed by atoms with Gasteiger partial charge >= 0.3 is 0 Å². The quantitative estimate of drug-likeness (QED) is 0.213. The lowest BCUT2D eigenvalue weighted by Gasteiger charge is -2.23. The molecule has 5 rings (SSSR count). The van der Waals surface area contributed by atoms with Gasteiger partial charge in [-0.2, -0.15) is 0 Å². The van der Waals surface area contributed by atoms with Crippen molar-refractivity contribution in [1.82, 2.24) is 19.8 Å². The molecule has 0 bridgehead atoms. The first kappa shape index (κ1) is 30.2. The molecule has 1 aliphatic rings. The Morgan fingerprint density at radius 3 is 2.33 bits per heavy atom. The summed E-state index contributed by atoms with van der Waals surface area (Å²) in [4.78, 5) is 26.6.